The first-order chi connectivity index (χ1) is 14.1. The minimum atomic E-state index is -0.317. The van der Waals surface area contributed by atoms with Crippen LogP contribution >= 0.6 is 0 Å². The molecule has 2 aliphatic rings. The van der Waals surface area contributed by atoms with E-state index in [0.29, 0.717) is 24.8 Å². The second-order valence-corrected chi connectivity index (χ2v) is 8.20. The molecule has 2 aliphatic heterocycles. The van der Waals surface area contributed by atoms with Gasteiger partial charge in [-0.2, -0.15) is 0 Å². The first kappa shape index (κ1) is 19.9. The third-order valence-corrected chi connectivity index (χ3v) is 6.17. The zero-order valence-electron chi connectivity index (χ0n) is 16.7. The molecule has 2 aromatic carbocycles. The number of likely N-dealkylation sites (tertiary alicyclic amines) is 1. The molecule has 29 heavy (non-hydrogen) atoms. The summed E-state index contributed by atoms with van der Waals surface area (Å²) in [5.74, 6) is 0.798. The molecule has 0 aliphatic carbocycles. The van der Waals surface area contributed by atoms with E-state index in [-0.39, 0.29) is 23.9 Å². The van der Waals surface area contributed by atoms with Gasteiger partial charge in [-0.3, -0.25) is 4.79 Å². The summed E-state index contributed by atoms with van der Waals surface area (Å²) in [6, 6.07) is 16.4. The van der Waals surface area contributed by atoms with Crippen LogP contribution in [0.3, 0.4) is 0 Å². The van der Waals surface area contributed by atoms with E-state index in [0.717, 1.165) is 38.7 Å². The number of hydrogen-bond donors (Lipinski definition) is 0. The zero-order chi connectivity index (χ0) is 20.1. The topological polar surface area (TPSA) is 38.8 Å². The van der Waals surface area contributed by atoms with Crippen LogP contribution < -0.4 is 4.74 Å². The Bertz CT molecular complexity index is 801. The number of ether oxygens (including phenoxy) is 2. The molecule has 1 atom stereocenters. The van der Waals surface area contributed by atoms with Crippen molar-refractivity contribution in [3.8, 4) is 5.75 Å². The first-order valence-corrected chi connectivity index (χ1v) is 10.5. The third kappa shape index (κ3) is 5.15. The van der Waals surface area contributed by atoms with Crippen LogP contribution in [0, 0.1) is 11.7 Å². The maximum Gasteiger partial charge on any atom is 0.260 e. The quantitative estimate of drug-likeness (QED) is 0.758. The number of halogens is 1. The highest BCUT2D eigenvalue weighted by Gasteiger charge is 2.41. The van der Waals surface area contributed by atoms with Crippen LogP contribution in [0.1, 0.15) is 31.2 Å². The van der Waals surface area contributed by atoms with Crippen molar-refractivity contribution in [2.24, 2.45) is 5.92 Å². The number of carbonyl (C=O) groups is 1. The Balaban J connectivity index is 1.26. The van der Waals surface area contributed by atoms with Crippen LogP contribution in [0.25, 0.3) is 0 Å². The lowest BCUT2D eigenvalue weighted by atomic mass is 9.77. The van der Waals surface area contributed by atoms with Crippen molar-refractivity contribution in [3.63, 3.8) is 0 Å². The number of hydrogen-bond acceptors (Lipinski definition) is 3. The van der Waals surface area contributed by atoms with E-state index in [2.05, 4.69) is 30.3 Å². The van der Waals surface area contributed by atoms with Crippen LogP contribution in [0.5, 0.6) is 5.75 Å². The van der Waals surface area contributed by atoms with Crippen LogP contribution in [0.15, 0.2) is 54.6 Å². The SMILES string of the molecule is O=C(COc1ccc(F)cc1)N1CCC2(CC1)CC(Cc1ccccc1)CCO2. The van der Waals surface area contributed by atoms with Crippen molar-refractivity contribution in [1.82, 2.24) is 4.90 Å². The fraction of sp³-hybridized carbons (Fsp3) is 0.458. The van der Waals surface area contributed by atoms with Gasteiger partial charge in [0.15, 0.2) is 6.61 Å². The highest BCUT2D eigenvalue weighted by Crippen LogP contribution is 2.38. The Morgan fingerprint density at radius 2 is 1.83 bits per heavy atom. The fourth-order valence-electron chi connectivity index (χ4n) is 4.53. The molecule has 0 radical (unpaired) electrons. The monoisotopic (exact) mass is 397 g/mol. The Morgan fingerprint density at radius 1 is 1.10 bits per heavy atom. The maximum absolute atomic E-state index is 13.0. The number of nitrogens with zero attached hydrogens (tertiary/aromatic N) is 1. The smallest absolute Gasteiger partial charge is 0.260 e. The molecular formula is C24H28FNO3. The van der Waals surface area contributed by atoms with Crippen molar-refractivity contribution in [2.45, 2.75) is 37.7 Å². The Kier molecular flexibility index (Phi) is 6.14. The summed E-state index contributed by atoms with van der Waals surface area (Å²) in [5.41, 5.74) is 1.30. The standard InChI is InChI=1S/C24H28FNO3/c25-21-6-8-22(9-7-21)28-18-23(27)26-13-11-24(12-14-26)17-20(10-15-29-24)16-19-4-2-1-3-5-19/h1-9,20H,10-18H2. The van der Waals surface area contributed by atoms with Crippen molar-refractivity contribution < 1.29 is 18.7 Å². The highest BCUT2D eigenvalue weighted by molar-refractivity contribution is 5.77. The Labute approximate surface area is 171 Å². The lowest BCUT2D eigenvalue weighted by Crippen LogP contribution is -2.51. The van der Waals surface area contributed by atoms with Gasteiger partial charge in [-0.05, 0) is 67.9 Å². The molecule has 2 aromatic rings. The van der Waals surface area contributed by atoms with E-state index in [1.54, 1.807) is 0 Å². The molecular weight excluding hydrogens is 369 g/mol. The molecule has 154 valence electrons. The second-order valence-electron chi connectivity index (χ2n) is 8.20. The molecule has 0 saturated carbocycles. The van der Waals surface area contributed by atoms with Crippen LogP contribution in [0.2, 0.25) is 0 Å². The lowest BCUT2D eigenvalue weighted by molar-refractivity contribution is -0.148. The van der Waals surface area contributed by atoms with Gasteiger partial charge >= 0.3 is 0 Å². The Morgan fingerprint density at radius 3 is 2.55 bits per heavy atom. The van der Waals surface area contributed by atoms with Gasteiger partial charge in [0.05, 0.1) is 5.60 Å². The predicted molar refractivity (Wildman–Crippen MR) is 109 cm³/mol. The van der Waals surface area contributed by atoms with E-state index >= 15 is 0 Å². The summed E-state index contributed by atoms with van der Waals surface area (Å²) in [7, 11) is 0. The van der Waals surface area contributed by atoms with Crippen molar-refractivity contribution in [3.05, 3.63) is 66.0 Å². The molecule has 4 rings (SSSR count). The van der Waals surface area contributed by atoms with Gasteiger partial charge in [0.25, 0.3) is 5.91 Å². The summed E-state index contributed by atoms with van der Waals surface area (Å²) in [4.78, 5) is 14.4. The third-order valence-electron chi connectivity index (χ3n) is 6.17. The summed E-state index contributed by atoms with van der Waals surface area (Å²) in [6.07, 6.45) is 5.02. The number of benzene rings is 2. The molecule has 4 nitrogen and oxygen atoms in total. The van der Waals surface area contributed by atoms with Crippen molar-refractivity contribution in [2.75, 3.05) is 26.3 Å². The largest absolute Gasteiger partial charge is 0.484 e. The Hall–Kier alpha value is -2.40. The van der Waals surface area contributed by atoms with Gasteiger partial charge < -0.3 is 14.4 Å². The fourth-order valence-corrected chi connectivity index (χ4v) is 4.53. The van der Waals surface area contributed by atoms with E-state index < -0.39 is 0 Å². The summed E-state index contributed by atoms with van der Waals surface area (Å²) >= 11 is 0. The molecule has 2 fully saturated rings. The molecule has 1 unspecified atom stereocenters. The first-order valence-electron chi connectivity index (χ1n) is 10.5. The molecule has 0 bridgehead atoms. The highest BCUT2D eigenvalue weighted by atomic mass is 19.1. The van der Waals surface area contributed by atoms with Crippen molar-refractivity contribution in [1.29, 1.82) is 0 Å². The molecule has 0 aromatic heterocycles. The molecule has 1 amide bonds. The van der Waals surface area contributed by atoms with E-state index in [1.807, 2.05) is 4.90 Å². The number of amides is 1. The number of piperidine rings is 1. The van der Waals surface area contributed by atoms with E-state index in [9.17, 15) is 9.18 Å². The normalized spacial score (nSPS) is 21.1. The average molecular weight is 397 g/mol. The minimum absolute atomic E-state index is 0.0177. The molecule has 0 N–H and O–H groups in total. The number of rotatable bonds is 5. The van der Waals surface area contributed by atoms with Gasteiger partial charge in [-0.15, -0.1) is 0 Å². The summed E-state index contributed by atoms with van der Waals surface area (Å²) in [5, 5.41) is 0. The van der Waals surface area contributed by atoms with Gasteiger partial charge in [-0.25, -0.2) is 4.39 Å². The minimum Gasteiger partial charge on any atom is -0.484 e. The van der Waals surface area contributed by atoms with Gasteiger partial charge in [0.1, 0.15) is 11.6 Å². The summed E-state index contributed by atoms with van der Waals surface area (Å²) < 4.78 is 24.7. The van der Waals surface area contributed by atoms with Crippen LogP contribution in [-0.2, 0) is 16.0 Å². The molecule has 1 spiro atoms. The predicted octanol–water partition coefficient (Wildman–Crippen LogP) is 4.24. The zero-order valence-corrected chi connectivity index (χ0v) is 16.7. The summed E-state index contributed by atoms with van der Waals surface area (Å²) in [6.45, 7) is 2.18. The van der Waals surface area contributed by atoms with E-state index in [4.69, 9.17) is 9.47 Å². The lowest BCUT2D eigenvalue weighted by Gasteiger charge is -2.46. The van der Waals surface area contributed by atoms with Crippen LogP contribution in [-0.4, -0.2) is 42.7 Å². The van der Waals surface area contributed by atoms with E-state index in [1.165, 1.54) is 29.8 Å². The second kappa shape index (κ2) is 8.95. The van der Waals surface area contributed by atoms with Crippen LogP contribution in [0.4, 0.5) is 4.39 Å². The van der Waals surface area contributed by atoms with Gasteiger partial charge in [-0.1, -0.05) is 30.3 Å². The maximum atomic E-state index is 13.0. The number of carbonyl (C=O) groups excluding carboxylic acids is 1. The molecule has 2 heterocycles. The van der Waals surface area contributed by atoms with Crippen molar-refractivity contribution >= 4 is 5.91 Å². The average Bonchev–Trinajstić information content (AvgIpc) is 2.74. The molecule has 5 heteroatoms. The van der Waals surface area contributed by atoms with Gasteiger partial charge in [0, 0.05) is 19.7 Å². The van der Waals surface area contributed by atoms with Gasteiger partial charge in [0.2, 0.25) is 0 Å². The molecule has 2 saturated heterocycles.